The number of aromatic nitrogens is 1. The van der Waals surface area contributed by atoms with Crippen molar-refractivity contribution >= 4 is 29.4 Å². The third-order valence-corrected chi connectivity index (χ3v) is 6.37. The van der Waals surface area contributed by atoms with Gasteiger partial charge in [0.15, 0.2) is 0 Å². The average molecular weight is 587 g/mol. The zero-order valence-corrected chi connectivity index (χ0v) is 22.1. The van der Waals surface area contributed by atoms with Gasteiger partial charge in [0, 0.05) is 31.7 Å². The van der Waals surface area contributed by atoms with Gasteiger partial charge in [0.05, 0.1) is 17.3 Å². The Morgan fingerprint density at radius 1 is 1.02 bits per heavy atom. The number of alkyl halides is 6. The van der Waals surface area contributed by atoms with Gasteiger partial charge in [-0.2, -0.15) is 26.3 Å². The number of carboxylic acids is 2. The number of fused-ring (bicyclic) bond motifs is 1. The summed E-state index contributed by atoms with van der Waals surface area (Å²) in [6.45, 7) is 6.46. The summed E-state index contributed by atoms with van der Waals surface area (Å²) in [5.41, 5.74) is 0.300. The molecule has 3 N–H and O–H groups in total. The van der Waals surface area contributed by atoms with E-state index in [9.17, 15) is 35.9 Å². The summed E-state index contributed by atoms with van der Waals surface area (Å²) in [6, 6.07) is 3.87. The van der Waals surface area contributed by atoms with Crippen LogP contribution < -0.4 is 5.32 Å². The molecule has 2 atom stereocenters. The Balaban J connectivity index is 0.000000473. The number of aliphatic carboxylic acids is 2. The number of nitrogens with zero attached hydrogens (tertiary/aromatic N) is 3. The first kappa shape index (κ1) is 34.6. The van der Waals surface area contributed by atoms with Crippen LogP contribution in [0.3, 0.4) is 0 Å². The van der Waals surface area contributed by atoms with E-state index in [0.29, 0.717) is 18.9 Å². The van der Waals surface area contributed by atoms with Gasteiger partial charge in [-0.1, -0.05) is 13.8 Å². The fourth-order valence-corrected chi connectivity index (χ4v) is 4.43. The summed E-state index contributed by atoms with van der Waals surface area (Å²) < 4.78 is 63.5. The summed E-state index contributed by atoms with van der Waals surface area (Å²) in [5.74, 6) is -4.88. The summed E-state index contributed by atoms with van der Waals surface area (Å²) in [4.78, 5) is 51.9. The number of likely N-dealkylation sites (tertiary alicyclic amines) is 2. The number of anilines is 1. The highest BCUT2D eigenvalue weighted by atomic mass is 19.4. The van der Waals surface area contributed by atoms with Crippen LogP contribution in [-0.2, 0) is 19.2 Å². The van der Waals surface area contributed by atoms with Crippen LogP contribution in [-0.4, -0.2) is 93.8 Å². The van der Waals surface area contributed by atoms with Crippen LogP contribution in [0.2, 0.25) is 0 Å². The van der Waals surface area contributed by atoms with Crippen molar-refractivity contribution < 1.29 is 55.7 Å². The second-order valence-corrected chi connectivity index (χ2v) is 9.72. The van der Waals surface area contributed by atoms with E-state index in [4.69, 9.17) is 19.8 Å². The van der Waals surface area contributed by atoms with Crippen LogP contribution >= 0.6 is 0 Å². The number of rotatable bonds is 4. The summed E-state index contributed by atoms with van der Waals surface area (Å²) in [5, 5.41) is 17.3. The molecular formula is C24H32F6N4O6. The largest absolute Gasteiger partial charge is 0.490 e. The Hall–Kier alpha value is -3.43. The normalized spacial score (nSPS) is 21.1. The lowest BCUT2D eigenvalue weighted by atomic mass is 9.75. The molecular weight excluding hydrogens is 554 g/mol. The second kappa shape index (κ2) is 14.3. The maximum atomic E-state index is 13.3. The quantitative estimate of drug-likeness (QED) is 0.455. The van der Waals surface area contributed by atoms with E-state index in [1.165, 1.54) is 0 Å². The molecule has 0 aromatic carbocycles. The van der Waals surface area contributed by atoms with Crippen LogP contribution in [0.5, 0.6) is 0 Å². The Morgan fingerprint density at radius 3 is 2.00 bits per heavy atom. The molecule has 0 spiro atoms. The van der Waals surface area contributed by atoms with Crippen molar-refractivity contribution in [3.05, 3.63) is 24.5 Å². The number of carboxylic acid groups (broad SMARTS) is 2. The molecule has 0 radical (unpaired) electrons. The van der Waals surface area contributed by atoms with E-state index < -0.39 is 29.7 Å². The Labute approximate surface area is 226 Å². The molecule has 16 heteroatoms. The monoisotopic (exact) mass is 586 g/mol. The molecule has 2 saturated heterocycles. The topological polar surface area (TPSA) is 140 Å². The molecule has 2 aliphatic heterocycles. The van der Waals surface area contributed by atoms with E-state index in [1.54, 1.807) is 12.4 Å². The smallest absolute Gasteiger partial charge is 0.475 e. The summed E-state index contributed by atoms with van der Waals surface area (Å²) in [6.07, 6.45) is -3.80. The fourth-order valence-electron chi connectivity index (χ4n) is 4.43. The number of hydrogen-bond donors (Lipinski definition) is 3. The first-order valence-corrected chi connectivity index (χ1v) is 12.1. The SMILES string of the molecule is CC(C)CC(=O)N1CC[C@H]2N(C)CC[C@@]2(C(=O)Nc2cccnc2)CC1.O=C(O)C(F)(F)F.O=C(O)C(F)(F)F. The number of hydrogen-bond acceptors (Lipinski definition) is 6. The molecule has 0 bridgehead atoms. The van der Waals surface area contributed by atoms with Gasteiger partial charge in [0.25, 0.3) is 0 Å². The number of amides is 2. The minimum atomic E-state index is -5.08. The average Bonchev–Trinajstić information content (AvgIpc) is 3.02. The Kier molecular flexibility index (Phi) is 12.3. The van der Waals surface area contributed by atoms with Crippen molar-refractivity contribution in [3.63, 3.8) is 0 Å². The molecule has 10 nitrogen and oxygen atoms in total. The maximum Gasteiger partial charge on any atom is 0.490 e. The number of pyridine rings is 1. The predicted molar refractivity (Wildman–Crippen MR) is 129 cm³/mol. The van der Waals surface area contributed by atoms with Crippen molar-refractivity contribution in [2.45, 2.75) is 57.9 Å². The minimum Gasteiger partial charge on any atom is -0.475 e. The second-order valence-electron chi connectivity index (χ2n) is 9.72. The molecule has 0 unspecified atom stereocenters. The molecule has 0 aliphatic carbocycles. The predicted octanol–water partition coefficient (Wildman–Crippen LogP) is 3.65. The molecule has 2 aliphatic rings. The van der Waals surface area contributed by atoms with Crippen molar-refractivity contribution in [1.29, 1.82) is 0 Å². The first-order valence-electron chi connectivity index (χ1n) is 12.1. The maximum absolute atomic E-state index is 13.3. The van der Waals surface area contributed by atoms with E-state index in [1.807, 2.05) is 17.0 Å². The first-order chi connectivity index (χ1) is 18.3. The molecule has 40 heavy (non-hydrogen) atoms. The van der Waals surface area contributed by atoms with Crippen LogP contribution in [0, 0.1) is 11.3 Å². The molecule has 3 heterocycles. The molecule has 2 fully saturated rings. The van der Waals surface area contributed by atoms with Crippen molar-refractivity contribution in [3.8, 4) is 0 Å². The molecule has 0 saturated carbocycles. The van der Waals surface area contributed by atoms with Crippen LogP contribution in [0.4, 0.5) is 32.0 Å². The molecule has 2 amide bonds. The van der Waals surface area contributed by atoms with Crippen LogP contribution in [0.25, 0.3) is 0 Å². The van der Waals surface area contributed by atoms with Gasteiger partial charge in [0.1, 0.15) is 0 Å². The van der Waals surface area contributed by atoms with E-state index in [2.05, 4.69) is 36.1 Å². The van der Waals surface area contributed by atoms with Crippen molar-refractivity contribution in [2.24, 2.45) is 11.3 Å². The lowest BCUT2D eigenvalue weighted by molar-refractivity contribution is -0.193. The van der Waals surface area contributed by atoms with E-state index in [0.717, 1.165) is 38.0 Å². The number of carbonyl (C=O) groups excluding carboxylic acids is 2. The lowest BCUT2D eigenvalue weighted by Crippen LogP contribution is -2.46. The van der Waals surface area contributed by atoms with Gasteiger partial charge < -0.3 is 25.3 Å². The minimum absolute atomic E-state index is 0.0676. The van der Waals surface area contributed by atoms with Gasteiger partial charge in [-0.3, -0.25) is 14.6 Å². The fraction of sp³-hybridized carbons (Fsp3) is 0.625. The lowest BCUT2D eigenvalue weighted by Gasteiger charge is -2.34. The Bertz CT molecular complexity index is 997. The van der Waals surface area contributed by atoms with Crippen LogP contribution in [0.15, 0.2) is 24.5 Å². The molecule has 3 rings (SSSR count). The van der Waals surface area contributed by atoms with Gasteiger partial charge in [0.2, 0.25) is 11.8 Å². The van der Waals surface area contributed by atoms with E-state index in [-0.39, 0.29) is 17.9 Å². The number of nitrogens with one attached hydrogen (secondary N) is 1. The van der Waals surface area contributed by atoms with Gasteiger partial charge in [-0.05, 0) is 50.9 Å². The number of carbonyl (C=O) groups is 4. The summed E-state index contributed by atoms with van der Waals surface area (Å²) >= 11 is 0. The van der Waals surface area contributed by atoms with Crippen molar-refractivity contribution in [2.75, 3.05) is 32.0 Å². The van der Waals surface area contributed by atoms with Gasteiger partial charge in [-0.15, -0.1) is 0 Å². The molecule has 1 aromatic heterocycles. The Morgan fingerprint density at radius 2 is 1.55 bits per heavy atom. The number of halogens is 6. The highest BCUT2D eigenvalue weighted by molar-refractivity contribution is 5.96. The summed E-state index contributed by atoms with van der Waals surface area (Å²) in [7, 11) is 2.09. The zero-order chi connectivity index (χ0) is 30.9. The van der Waals surface area contributed by atoms with Crippen molar-refractivity contribution in [1.82, 2.24) is 14.8 Å². The van der Waals surface area contributed by atoms with Gasteiger partial charge in [-0.25, -0.2) is 9.59 Å². The molecule has 1 aromatic rings. The standard InChI is InChI=1S/C20H30N4O2.2C2HF3O2/c1-15(2)13-18(25)24-10-6-17-20(8-12-24,7-11-23(17)3)19(26)22-16-5-4-9-21-14-16;2*3-2(4,5)1(6)7/h4-5,9,14-15,17H,6-8,10-13H2,1-3H3,(H,22,26);2*(H,6,7)/t17-,20-;;/m1../s1. The molecule has 226 valence electrons. The highest BCUT2D eigenvalue weighted by Crippen LogP contribution is 2.44. The van der Waals surface area contributed by atoms with Gasteiger partial charge >= 0.3 is 24.3 Å². The van der Waals surface area contributed by atoms with E-state index >= 15 is 0 Å². The third-order valence-electron chi connectivity index (χ3n) is 6.37. The third kappa shape index (κ3) is 10.3. The highest BCUT2D eigenvalue weighted by Gasteiger charge is 2.52. The zero-order valence-electron chi connectivity index (χ0n) is 22.1. The van der Waals surface area contributed by atoms with Crippen LogP contribution in [0.1, 0.15) is 39.5 Å².